The maximum absolute atomic E-state index is 5.42. The van der Waals surface area contributed by atoms with Crippen molar-refractivity contribution in [2.24, 2.45) is 5.73 Å². The minimum Gasteiger partial charge on any atom is -0.325 e. The highest BCUT2D eigenvalue weighted by molar-refractivity contribution is 4.94. The lowest BCUT2D eigenvalue weighted by atomic mass is 10.1. The molecule has 2 heterocycles. The Morgan fingerprint density at radius 3 is 2.92 bits per heavy atom. The molecule has 0 radical (unpaired) electrons. The molecule has 12 heavy (non-hydrogen) atoms. The van der Waals surface area contributed by atoms with Crippen LogP contribution in [0.1, 0.15) is 11.7 Å². The van der Waals surface area contributed by atoms with Crippen molar-refractivity contribution in [3.63, 3.8) is 0 Å². The van der Waals surface area contributed by atoms with Gasteiger partial charge in [-0.3, -0.25) is 0 Å². The van der Waals surface area contributed by atoms with E-state index in [0.717, 1.165) is 18.8 Å². The van der Waals surface area contributed by atoms with E-state index in [4.69, 9.17) is 5.73 Å². The molecular weight excluding hydrogens is 154 g/mol. The van der Waals surface area contributed by atoms with E-state index < -0.39 is 0 Å². The van der Waals surface area contributed by atoms with Crippen molar-refractivity contribution in [1.29, 1.82) is 0 Å². The molecule has 1 aliphatic heterocycles. The number of rotatable bonds is 2. The van der Waals surface area contributed by atoms with E-state index in [1.807, 2.05) is 10.9 Å². The van der Waals surface area contributed by atoms with Gasteiger partial charge in [-0.15, -0.1) is 5.10 Å². The van der Waals surface area contributed by atoms with Crippen LogP contribution in [0.4, 0.5) is 0 Å². The normalized spacial score (nSPS) is 19.5. The second-order valence-corrected chi connectivity index (χ2v) is 3.27. The Hall–Kier alpha value is -0.940. The zero-order chi connectivity index (χ0) is 8.55. The Morgan fingerprint density at radius 2 is 2.42 bits per heavy atom. The van der Waals surface area contributed by atoms with Gasteiger partial charge in [0.2, 0.25) is 0 Å². The van der Waals surface area contributed by atoms with Crippen LogP contribution in [0, 0.1) is 0 Å². The second-order valence-electron chi connectivity index (χ2n) is 3.27. The first-order valence-corrected chi connectivity index (χ1v) is 4.09. The maximum Gasteiger partial charge on any atom is 0.0962 e. The molecule has 66 valence electrons. The van der Waals surface area contributed by atoms with Gasteiger partial charge in [-0.1, -0.05) is 5.21 Å². The molecule has 0 spiro atoms. The summed E-state index contributed by atoms with van der Waals surface area (Å²) in [5.74, 6) is 0. The SMILES string of the molecule is CN1CC(n2cc(CN)nn2)C1. The highest BCUT2D eigenvalue weighted by Crippen LogP contribution is 2.17. The molecule has 5 nitrogen and oxygen atoms in total. The van der Waals surface area contributed by atoms with Crippen LogP contribution in [0.15, 0.2) is 6.20 Å². The predicted octanol–water partition coefficient (Wildman–Crippen LogP) is -0.777. The standard InChI is InChI=1S/C7H13N5/c1-11-4-7(5-11)12-3-6(2-8)9-10-12/h3,7H,2,4-5,8H2,1H3. The Balaban J connectivity index is 2.04. The van der Waals surface area contributed by atoms with E-state index in [9.17, 15) is 0 Å². The third kappa shape index (κ3) is 1.21. The number of likely N-dealkylation sites (N-methyl/N-ethyl adjacent to an activating group) is 1. The first-order valence-electron chi connectivity index (χ1n) is 4.09. The van der Waals surface area contributed by atoms with E-state index in [2.05, 4.69) is 22.3 Å². The Kier molecular flexibility index (Phi) is 1.82. The van der Waals surface area contributed by atoms with Crippen LogP contribution in [-0.2, 0) is 6.54 Å². The fourth-order valence-corrected chi connectivity index (χ4v) is 1.42. The van der Waals surface area contributed by atoms with Crippen LogP contribution in [0.5, 0.6) is 0 Å². The lowest BCUT2D eigenvalue weighted by Gasteiger charge is -2.35. The average molecular weight is 167 g/mol. The van der Waals surface area contributed by atoms with Crippen LogP contribution in [0.2, 0.25) is 0 Å². The number of hydrogen-bond acceptors (Lipinski definition) is 4. The summed E-state index contributed by atoms with van der Waals surface area (Å²) in [6, 6.07) is 0.503. The Bertz CT molecular complexity index is 263. The molecule has 0 bridgehead atoms. The number of likely N-dealkylation sites (tertiary alicyclic amines) is 1. The molecule has 0 aliphatic carbocycles. The van der Waals surface area contributed by atoms with Gasteiger partial charge in [0.25, 0.3) is 0 Å². The molecule has 0 saturated carbocycles. The number of nitrogens with two attached hydrogens (primary N) is 1. The minimum absolute atomic E-state index is 0.475. The van der Waals surface area contributed by atoms with Crippen molar-refractivity contribution >= 4 is 0 Å². The van der Waals surface area contributed by atoms with Crippen molar-refractivity contribution in [3.05, 3.63) is 11.9 Å². The molecule has 1 aliphatic rings. The van der Waals surface area contributed by atoms with E-state index in [-0.39, 0.29) is 0 Å². The first-order chi connectivity index (χ1) is 5.79. The fourth-order valence-electron chi connectivity index (χ4n) is 1.42. The molecule has 5 heteroatoms. The van der Waals surface area contributed by atoms with Crippen LogP contribution in [0.3, 0.4) is 0 Å². The van der Waals surface area contributed by atoms with E-state index in [0.29, 0.717) is 12.6 Å². The van der Waals surface area contributed by atoms with E-state index in [1.165, 1.54) is 0 Å². The molecule has 1 fully saturated rings. The predicted molar refractivity (Wildman–Crippen MR) is 44.4 cm³/mol. The second kappa shape index (κ2) is 2.84. The summed E-state index contributed by atoms with van der Waals surface area (Å²) in [5, 5.41) is 7.94. The van der Waals surface area contributed by atoms with Gasteiger partial charge in [0, 0.05) is 19.6 Å². The quantitative estimate of drug-likeness (QED) is 0.628. The van der Waals surface area contributed by atoms with Gasteiger partial charge in [-0.05, 0) is 7.05 Å². The highest BCUT2D eigenvalue weighted by atomic mass is 15.5. The smallest absolute Gasteiger partial charge is 0.0962 e. The molecule has 2 N–H and O–H groups in total. The van der Waals surface area contributed by atoms with Gasteiger partial charge in [0.1, 0.15) is 0 Å². The van der Waals surface area contributed by atoms with Crippen molar-refractivity contribution < 1.29 is 0 Å². The van der Waals surface area contributed by atoms with Gasteiger partial charge < -0.3 is 10.6 Å². The monoisotopic (exact) mass is 167 g/mol. The molecule has 2 rings (SSSR count). The lowest BCUT2D eigenvalue weighted by Crippen LogP contribution is -2.45. The summed E-state index contributed by atoms with van der Waals surface area (Å²) >= 11 is 0. The lowest BCUT2D eigenvalue weighted by molar-refractivity contribution is 0.129. The summed E-state index contributed by atoms with van der Waals surface area (Å²) in [5.41, 5.74) is 6.29. The first kappa shape index (κ1) is 7.70. The van der Waals surface area contributed by atoms with Gasteiger partial charge >= 0.3 is 0 Å². The maximum atomic E-state index is 5.42. The largest absolute Gasteiger partial charge is 0.325 e. The Morgan fingerprint density at radius 1 is 1.67 bits per heavy atom. The molecular formula is C7H13N5. The third-order valence-electron chi connectivity index (χ3n) is 2.19. The van der Waals surface area contributed by atoms with Gasteiger partial charge in [-0.2, -0.15) is 0 Å². The van der Waals surface area contributed by atoms with Crippen LogP contribution < -0.4 is 5.73 Å². The van der Waals surface area contributed by atoms with Gasteiger partial charge in [0.15, 0.2) is 0 Å². The van der Waals surface area contributed by atoms with Crippen molar-refractivity contribution in [2.75, 3.05) is 20.1 Å². The summed E-state index contributed by atoms with van der Waals surface area (Å²) < 4.78 is 1.90. The number of hydrogen-bond donors (Lipinski definition) is 1. The minimum atomic E-state index is 0.475. The molecule has 1 aromatic heterocycles. The number of aromatic nitrogens is 3. The summed E-state index contributed by atoms with van der Waals surface area (Å²) in [4.78, 5) is 2.24. The van der Waals surface area contributed by atoms with Crippen molar-refractivity contribution in [3.8, 4) is 0 Å². The summed E-state index contributed by atoms with van der Waals surface area (Å²) in [7, 11) is 2.09. The molecule has 1 aromatic rings. The Labute approximate surface area is 71.1 Å². The highest BCUT2D eigenvalue weighted by Gasteiger charge is 2.25. The van der Waals surface area contributed by atoms with Crippen molar-refractivity contribution in [1.82, 2.24) is 19.9 Å². The average Bonchev–Trinajstić information content (AvgIpc) is 2.46. The van der Waals surface area contributed by atoms with Gasteiger partial charge in [0.05, 0.1) is 17.9 Å². The van der Waals surface area contributed by atoms with E-state index in [1.54, 1.807) is 0 Å². The zero-order valence-corrected chi connectivity index (χ0v) is 7.14. The van der Waals surface area contributed by atoms with Crippen LogP contribution >= 0.6 is 0 Å². The fraction of sp³-hybridized carbons (Fsp3) is 0.714. The summed E-state index contributed by atoms with van der Waals surface area (Å²) in [6.07, 6.45) is 1.93. The van der Waals surface area contributed by atoms with Gasteiger partial charge in [-0.25, -0.2) is 4.68 Å². The molecule has 0 atom stereocenters. The number of nitrogens with zero attached hydrogens (tertiary/aromatic N) is 4. The van der Waals surface area contributed by atoms with Crippen LogP contribution in [-0.4, -0.2) is 40.0 Å². The molecule has 0 amide bonds. The van der Waals surface area contributed by atoms with Crippen molar-refractivity contribution in [2.45, 2.75) is 12.6 Å². The third-order valence-corrected chi connectivity index (χ3v) is 2.19. The zero-order valence-electron chi connectivity index (χ0n) is 7.14. The topological polar surface area (TPSA) is 60.0 Å². The van der Waals surface area contributed by atoms with Crippen LogP contribution in [0.25, 0.3) is 0 Å². The molecule has 0 aromatic carbocycles. The van der Waals surface area contributed by atoms with E-state index >= 15 is 0 Å². The summed E-state index contributed by atoms with van der Waals surface area (Å²) in [6.45, 7) is 2.60. The molecule has 0 unspecified atom stereocenters. The molecule has 1 saturated heterocycles.